The summed E-state index contributed by atoms with van der Waals surface area (Å²) in [5, 5.41) is 5.89. The van der Waals surface area contributed by atoms with Gasteiger partial charge in [-0.2, -0.15) is 0 Å². The number of nitrogens with one attached hydrogen (secondary N) is 2. The Kier molecular flexibility index (Phi) is 6.15. The Balaban J connectivity index is 1.47. The van der Waals surface area contributed by atoms with Crippen LogP contribution in [0.25, 0.3) is 17.0 Å². The monoisotopic (exact) mass is 492 g/mol. The van der Waals surface area contributed by atoms with Crippen molar-refractivity contribution in [3.8, 4) is 0 Å². The Morgan fingerprint density at radius 1 is 0.892 bits per heavy atom. The number of fused-ring (bicyclic) bond motifs is 1. The number of nitrogens with zero attached hydrogens (tertiary/aromatic N) is 2. The van der Waals surface area contributed by atoms with Gasteiger partial charge in [0.05, 0.1) is 5.69 Å². The molecular weight excluding hydrogens is 468 g/mol. The molecule has 4 aromatic rings. The van der Waals surface area contributed by atoms with E-state index in [2.05, 4.69) is 10.6 Å². The summed E-state index contributed by atoms with van der Waals surface area (Å²) in [6.07, 6.45) is 3.18. The summed E-state index contributed by atoms with van der Waals surface area (Å²) < 4.78 is 1.76. The quantitative estimate of drug-likeness (QED) is 0.315. The molecule has 1 aliphatic rings. The molecule has 0 spiro atoms. The number of carbonyl (C=O) groups is 4. The lowest BCUT2D eigenvalue weighted by Gasteiger charge is -2.26. The number of aryl methyl sites for hydroxylation is 2. The standard InChI is InChI=1S/C29H24N4O4/c1-18-7-11-21(12-8-18)30-26(34)17-32-16-20(23-5-3-4-6-25(23)32)15-24-27(35)31-29(37)33(28(24)36)22-13-9-19(2)10-14-22/h3-16H,17H2,1-2H3,(H,30,34)(H,31,35,37)/b24-15+. The van der Waals surface area contributed by atoms with Gasteiger partial charge in [0.15, 0.2) is 0 Å². The smallest absolute Gasteiger partial charge is 0.335 e. The Labute approximate surface area is 213 Å². The Morgan fingerprint density at radius 3 is 2.24 bits per heavy atom. The van der Waals surface area contributed by atoms with Gasteiger partial charge in [0.1, 0.15) is 12.1 Å². The van der Waals surface area contributed by atoms with Crippen LogP contribution in [0.5, 0.6) is 0 Å². The Hall–Kier alpha value is -4.98. The van der Waals surface area contributed by atoms with Crippen molar-refractivity contribution in [1.82, 2.24) is 9.88 Å². The van der Waals surface area contributed by atoms with Crippen LogP contribution in [-0.2, 0) is 20.9 Å². The molecule has 3 aromatic carbocycles. The fraction of sp³-hybridized carbons (Fsp3) is 0.103. The lowest BCUT2D eigenvalue weighted by molar-refractivity contribution is -0.122. The lowest BCUT2D eigenvalue weighted by Crippen LogP contribution is -2.54. The van der Waals surface area contributed by atoms with Gasteiger partial charge in [-0.3, -0.25) is 19.7 Å². The molecule has 0 aliphatic carbocycles. The van der Waals surface area contributed by atoms with Crippen LogP contribution in [0.2, 0.25) is 0 Å². The van der Waals surface area contributed by atoms with Crippen molar-refractivity contribution >= 4 is 52.1 Å². The van der Waals surface area contributed by atoms with Gasteiger partial charge in [-0.15, -0.1) is 0 Å². The molecule has 1 aliphatic heterocycles. The predicted molar refractivity (Wildman–Crippen MR) is 142 cm³/mol. The molecule has 0 atom stereocenters. The van der Waals surface area contributed by atoms with Crippen LogP contribution in [0.1, 0.15) is 16.7 Å². The summed E-state index contributed by atoms with van der Waals surface area (Å²) in [4.78, 5) is 52.2. The largest absolute Gasteiger partial charge is 0.337 e. The van der Waals surface area contributed by atoms with Crippen molar-refractivity contribution in [2.24, 2.45) is 0 Å². The Morgan fingerprint density at radius 2 is 1.54 bits per heavy atom. The first-order chi connectivity index (χ1) is 17.8. The van der Waals surface area contributed by atoms with E-state index in [9.17, 15) is 19.2 Å². The SMILES string of the molecule is Cc1ccc(NC(=O)Cn2cc(/C=C3\C(=O)NC(=O)N(c4ccc(C)cc4)C3=O)c3ccccc32)cc1. The van der Waals surface area contributed by atoms with Crippen molar-refractivity contribution in [3.63, 3.8) is 0 Å². The van der Waals surface area contributed by atoms with E-state index in [0.717, 1.165) is 26.9 Å². The summed E-state index contributed by atoms with van der Waals surface area (Å²) in [7, 11) is 0. The first kappa shape index (κ1) is 23.7. The van der Waals surface area contributed by atoms with E-state index in [-0.39, 0.29) is 18.0 Å². The number of rotatable bonds is 5. The van der Waals surface area contributed by atoms with E-state index >= 15 is 0 Å². The molecule has 1 fully saturated rings. The van der Waals surface area contributed by atoms with Gasteiger partial charge >= 0.3 is 6.03 Å². The molecule has 1 aromatic heterocycles. The van der Waals surface area contributed by atoms with Crippen LogP contribution < -0.4 is 15.5 Å². The zero-order valence-electron chi connectivity index (χ0n) is 20.3. The fourth-order valence-electron chi connectivity index (χ4n) is 4.25. The van der Waals surface area contributed by atoms with Gasteiger partial charge in [0, 0.05) is 28.4 Å². The first-order valence-electron chi connectivity index (χ1n) is 11.7. The molecule has 0 bridgehead atoms. The lowest BCUT2D eigenvalue weighted by atomic mass is 10.1. The number of carbonyl (C=O) groups excluding carboxylic acids is 4. The molecule has 5 amide bonds. The van der Waals surface area contributed by atoms with Gasteiger partial charge < -0.3 is 9.88 Å². The van der Waals surface area contributed by atoms with Crippen LogP contribution in [0.15, 0.2) is 84.6 Å². The molecule has 0 saturated carbocycles. The van der Waals surface area contributed by atoms with Crippen LogP contribution in [0.4, 0.5) is 16.2 Å². The van der Waals surface area contributed by atoms with Crippen LogP contribution in [0, 0.1) is 13.8 Å². The maximum atomic E-state index is 13.3. The van der Waals surface area contributed by atoms with E-state index in [0.29, 0.717) is 16.9 Å². The second-order valence-electron chi connectivity index (χ2n) is 8.94. The van der Waals surface area contributed by atoms with Crippen molar-refractivity contribution < 1.29 is 19.2 Å². The fourth-order valence-corrected chi connectivity index (χ4v) is 4.25. The predicted octanol–water partition coefficient (Wildman–Crippen LogP) is 4.56. The molecule has 8 heteroatoms. The average Bonchev–Trinajstić information content (AvgIpc) is 3.21. The summed E-state index contributed by atoms with van der Waals surface area (Å²) >= 11 is 0. The third-order valence-electron chi connectivity index (χ3n) is 6.16. The number of anilines is 2. The highest BCUT2D eigenvalue weighted by molar-refractivity contribution is 6.39. The maximum Gasteiger partial charge on any atom is 0.335 e. The van der Waals surface area contributed by atoms with Crippen molar-refractivity contribution in [2.45, 2.75) is 20.4 Å². The highest BCUT2D eigenvalue weighted by Gasteiger charge is 2.37. The highest BCUT2D eigenvalue weighted by atomic mass is 16.2. The van der Waals surface area contributed by atoms with Gasteiger partial charge in [-0.05, 0) is 50.3 Å². The van der Waals surface area contributed by atoms with Crippen LogP contribution in [0.3, 0.4) is 0 Å². The molecule has 0 radical (unpaired) electrons. The van der Waals surface area contributed by atoms with Gasteiger partial charge in [-0.25, -0.2) is 9.69 Å². The van der Waals surface area contributed by atoms with E-state index < -0.39 is 17.8 Å². The Bertz CT molecular complexity index is 1580. The van der Waals surface area contributed by atoms with E-state index in [1.54, 1.807) is 35.0 Å². The number of hydrogen-bond acceptors (Lipinski definition) is 4. The molecule has 2 heterocycles. The van der Waals surface area contributed by atoms with Gasteiger partial charge in [-0.1, -0.05) is 53.6 Å². The maximum absolute atomic E-state index is 13.3. The number of hydrogen-bond donors (Lipinski definition) is 2. The van der Waals surface area contributed by atoms with Gasteiger partial charge in [0.2, 0.25) is 5.91 Å². The van der Waals surface area contributed by atoms with Crippen LogP contribution >= 0.6 is 0 Å². The van der Waals surface area contributed by atoms with Gasteiger partial charge in [0.25, 0.3) is 11.8 Å². The molecule has 8 nitrogen and oxygen atoms in total. The second-order valence-corrected chi connectivity index (χ2v) is 8.94. The molecule has 5 rings (SSSR count). The zero-order chi connectivity index (χ0) is 26.1. The highest BCUT2D eigenvalue weighted by Crippen LogP contribution is 2.27. The number of urea groups is 1. The summed E-state index contributed by atoms with van der Waals surface area (Å²) in [6, 6.07) is 21.0. The van der Waals surface area contributed by atoms with Crippen molar-refractivity contribution in [2.75, 3.05) is 10.2 Å². The minimum atomic E-state index is -0.800. The summed E-state index contributed by atoms with van der Waals surface area (Å²) in [6.45, 7) is 3.90. The molecule has 0 unspecified atom stereocenters. The molecular formula is C29H24N4O4. The number of amides is 5. The molecule has 37 heavy (non-hydrogen) atoms. The third kappa shape index (κ3) is 4.77. The molecule has 2 N–H and O–H groups in total. The zero-order valence-corrected chi connectivity index (χ0v) is 20.3. The summed E-state index contributed by atoms with van der Waals surface area (Å²) in [5.41, 5.74) is 4.29. The van der Waals surface area contributed by atoms with Crippen molar-refractivity contribution in [1.29, 1.82) is 0 Å². The van der Waals surface area contributed by atoms with E-state index in [4.69, 9.17) is 0 Å². The number of benzene rings is 3. The number of para-hydroxylation sites is 1. The van der Waals surface area contributed by atoms with E-state index in [1.807, 2.05) is 62.4 Å². The normalized spacial score (nSPS) is 14.8. The third-order valence-corrected chi connectivity index (χ3v) is 6.16. The molecule has 184 valence electrons. The minimum absolute atomic E-state index is 0.0334. The second kappa shape index (κ2) is 9.58. The molecule has 1 saturated heterocycles. The number of barbiturate groups is 1. The van der Waals surface area contributed by atoms with Crippen molar-refractivity contribution in [3.05, 3.63) is 101 Å². The topological polar surface area (TPSA) is 101 Å². The number of aromatic nitrogens is 1. The van der Waals surface area contributed by atoms with E-state index in [1.165, 1.54) is 6.08 Å². The average molecular weight is 493 g/mol. The summed E-state index contributed by atoms with van der Waals surface area (Å²) in [5.74, 6) is -1.70. The van der Waals surface area contributed by atoms with Crippen LogP contribution in [-0.4, -0.2) is 28.3 Å². The number of imide groups is 2. The first-order valence-corrected chi connectivity index (χ1v) is 11.7. The minimum Gasteiger partial charge on any atom is -0.337 e.